The Balaban J connectivity index is 2.77. The highest BCUT2D eigenvalue weighted by Gasteiger charge is 2.47. The molecule has 0 saturated carbocycles. The molecule has 0 spiro atoms. The average molecular weight is 988 g/mol. The van der Waals surface area contributed by atoms with Gasteiger partial charge in [0, 0.05) is 6.42 Å². The molecule has 1 fully saturated rings. The summed E-state index contributed by atoms with van der Waals surface area (Å²) in [6.45, 7) is 5.70. The number of carbonyl (C=O) groups is 2. The lowest BCUT2D eigenvalue weighted by molar-refractivity contribution is -0.305. The Morgan fingerprint density at radius 3 is 1.50 bits per heavy atom. The summed E-state index contributed by atoms with van der Waals surface area (Å²) in [5.41, 5.74) is 0. The molecule has 6 N–H and O–H groups in total. The van der Waals surface area contributed by atoms with Gasteiger partial charge in [-0.1, -0.05) is 229 Å². The molecule has 8 atom stereocenters. The molecule has 1 saturated heterocycles. The number of amides is 1. The van der Waals surface area contributed by atoms with Crippen LogP contribution in [0.2, 0.25) is 0 Å². The molecular formula is C59H105NO10. The number of rotatable bonds is 47. The van der Waals surface area contributed by atoms with E-state index in [0.29, 0.717) is 12.8 Å². The SMILES string of the molecule is CCCCC/C=C\C/C=C\C/C=C\C/C=C\CCC(O)C(=O)NC(COC1OC(CO)C(O)C(O)C1OC(=O)CCCCCCCCCCCCCCCC)C(O)/C=C/CCCCCCCCCCC. The number of hydrogen-bond donors (Lipinski definition) is 6. The highest BCUT2D eigenvalue weighted by Crippen LogP contribution is 2.26. The molecular weight excluding hydrogens is 883 g/mol. The van der Waals surface area contributed by atoms with E-state index in [4.69, 9.17) is 14.2 Å². The molecule has 1 amide bonds. The Morgan fingerprint density at radius 1 is 0.557 bits per heavy atom. The first-order valence-corrected chi connectivity index (χ1v) is 28.6. The third-order valence-corrected chi connectivity index (χ3v) is 13.2. The number of ether oxygens (including phenoxy) is 3. The Hall–Kier alpha value is -2.64. The quantitative estimate of drug-likeness (QED) is 0.0196. The Bertz CT molecular complexity index is 1370. The maximum atomic E-state index is 13.3. The normalized spacial score (nSPS) is 20.1. The Morgan fingerprint density at radius 2 is 0.986 bits per heavy atom. The Kier molecular flexibility index (Phi) is 44.2. The van der Waals surface area contributed by atoms with Gasteiger partial charge in [0.1, 0.15) is 24.4 Å². The molecule has 1 heterocycles. The summed E-state index contributed by atoms with van der Waals surface area (Å²) in [6, 6.07) is -1.05. The fourth-order valence-electron chi connectivity index (χ4n) is 8.58. The van der Waals surface area contributed by atoms with E-state index in [-0.39, 0.29) is 19.4 Å². The van der Waals surface area contributed by atoms with Gasteiger partial charge in [-0.25, -0.2) is 0 Å². The Labute approximate surface area is 427 Å². The first-order chi connectivity index (χ1) is 34.2. The molecule has 11 nitrogen and oxygen atoms in total. The standard InChI is InChI=1S/C59H105NO10/c1-4-7-10-13-16-19-22-24-26-27-28-31-34-37-40-43-46-52(63)58(67)60-50(51(62)45-42-39-36-33-30-21-18-15-12-9-6-3)49-68-59-57(56(66)55(65)53(48-61)69-59)70-54(64)47-44-41-38-35-32-29-25-23-20-17-14-11-8-5-2/h16,19,24,26,28,31,37,40,42,45,50-53,55-57,59,61-63,65-66H,4-15,17-18,20-23,25,27,29-30,32-36,38-39,41,43-44,46-49H2,1-3H3,(H,60,67)/b19-16-,26-24-,31-28-,40-37-,45-42+. The fraction of sp³-hybridized carbons (Fsp3) is 0.797. The van der Waals surface area contributed by atoms with Crippen LogP contribution in [0.15, 0.2) is 60.8 Å². The second-order valence-corrected chi connectivity index (χ2v) is 19.7. The minimum Gasteiger partial charge on any atom is -0.454 e. The van der Waals surface area contributed by atoms with E-state index in [1.165, 1.54) is 122 Å². The molecule has 1 aliphatic rings. The maximum Gasteiger partial charge on any atom is 0.306 e. The van der Waals surface area contributed by atoms with Gasteiger partial charge in [0.15, 0.2) is 12.4 Å². The van der Waals surface area contributed by atoms with Gasteiger partial charge in [0.2, 0.25) is 5.91 Å². The number of aliphatic hydroxyl groups is 5. The molecule has 0 radical (unpaired) electrons. The molecule has 406 valence electrons. The van der Waals surface area contributed by atoms with E-state index in [1.54, 1.807) is 6.08 Å². The fourth-order valence-corrected chi connectivity index (χ4v) is 8.58. The molecule has 1 aliphatic heterocycles. The van der Waals surface area contributed by atoms with Gasteiger partial charge in [-0.15, -0.1) is 0 Å². The monoisotopic (exact) mass is 988 g/mol. The van der Waals surface area contributed by atoms with E-state index in [1.807, 2.05) is 18.2 Å². The number of aliphatic hydroxyl groups excluding tert-OH is 5. The van der Waals surface area contributed by atoms with Crippen LogP contribution in [0.3, 0.4) is 0 Å². The van der Waals surface area contributed by atoms with Gasteiger partial charge < -0.3 is 45.1 Å². The summed E-state index contributed by atoms with van der Waals surface area (Å²) in [4.78, 5) is 26.4. The second-order valence-electron chi connectivity index (χ2n) is 19.7. The molecule has 0 aromatic heterocycles. The number of hydrogen-bond acceptors (Lipinski definition) is 10. The molecule has 11 heteroatoms. The largest absolute Gasteiger partial charge is 0.454 e. The third kappa shape index (κ3) is 35.5. The van der Waals surface area contributed by atoms with Crippen molar-refractivity contribution in [3.05, 3.63) is 60.8 Å². The van der Waals surface area contributed by atoms with Crippen LogP contribution < -0.4 is 5.32 Å². The van der Waals surface area contributed by atoms with Crippen LogP contribution in [-0.2, 0) is 23.8 Å². The average Bonchev–Trinajstić information content (AvgIpc) is 3.36. The number of unbranched alkanes of at least 4 members (excludes halogenated alkanes) is 25. The van der Waals surface area contributed by atoms with Crippen LogP contribution in [0, 0.1) is 0 Å². The van der Waals surface area contributed by atoms with Crippen molar-refractivity contribution in [2.24, 2.45) is 0 Å². The van der Waals surface area contributed by atoms with E-state index in [9.17, 15) is 35.1 Å². The topological polar surface area (TPSA) is 175 Å². The van der Waals surface area contributed by atoms with E-state index in [0.717, 1.165) is 70.6 Å². The highest BCUT2D eigenvalue weighted by molar-refractivity contribution is 5.80. The van der Waals surface area contributed by atoms with Crippen molar-refractivity contribution in [1.29, 1.82) is 0 Å². The van der Waals surface area contributed by atoms with Gasteiger partial charge in [-0.3, -0.25) is 9.59 Å². The van der Waals surface area contributed by atoms with Gasteiger partial charge >= 0.3 is 5.97 Å². The number of carbonyl (C=O) groups excluding carboxylic acids is 2. The zero-order valence-electron chi connectivity index (χ0n) is 44.6. The van der Waals surface area contributed by atoms with E-state index >= 15 is 0 Å². The second kappa shape index (κ2) is 47.4. The number of allylic oxidation sites excluding steroid dienone is 9. The maximum absolute atomic E-state index is 13.3. The van der Waals surface area contributed by atoms with Crippen molar-refractivity contribution in [3.63, 3.8) is 0 Å². The first kappa shape index (κ1) is 65.4. The predicted octanol–water partition coefficient (Wildman–Crippen LogP) is 12.7. The molecule has 70 heavy (non-hydrogen) atoms. The van der Waals surface area contributed by atoms with Crippen LogP contribution in [-0.4, -0.2) is 99.6 Å². The van der Waals surface area contributed by atoms with Crippen LogP contribution in [0.4, 0.5) is 0 Å². The summed E-state index contributed by atoms with van der Waals surface area (Å²) < 4.78 is 17.5. The molecule has 8 unspecified atom stereocenters. The number of nitrogens with one attached hydrogen (secondary N) is 1. The van der Waals surface area contributed by atoms with Gasteiger partial charge in [-0.2, -0.15) is 0 Å². The van der Waals surface area contributed by atoms with Gasteiger partial charge in [-0.05, 0) is 64.2 Å². The van der Waals surface area contributed by atoms with Crippen LogP contribution >= 0.6 is 0 Å². The van der Waals surface area contributed by atoms with Gasteiger partial charge in [0.05, 0.1) is 25.4 Å². The van der Waals surface area contributed by atoms with Crippen molar-refractivity contribution in [3.8, 4) is 0 Å². The lowest BCUT2D eigenvalue weighted by Crippen LogP contribution is -2.61. The summed E-state index contributed by atoms with van der Waals surface area (Å²) in [6.07, 6.45) is 47.0. The lowest BCUT2D eigenvalue weighted by atomic mass is 9.99. The molecule has 1 rings (SSSR count). The van der Waals surface area contributed by atoms with Crippen LogP contribution in [0.25, 0.3) is 0 Å². The van der Waals surface area contributed by atoms with Crippen molar-refractivity contribution < 1.29 is 49.3 Å². The third-order valence-electron chi connectivity index (χ3n) is 13.2. The van der Waals surface area contributed by atoms with E-state index in [2.05, 4.69) is 62.5 Å². The molecule has 0 aromatic rings. The van der Waals surface area contributed by atoms with Crippen molar-refractivity contribution in [2.45, 2.75) is 288 Å². The lowest BCUT2D eigenvalue weighted by Gasteiger charge is -2.41. The van der Waals surface area contributed by atoms with E-state index < -0.39 is 67.4 Å². The minimum atomic E-state index is -1.62. The van der Waals surface area contributed by atoms with Crippen molar-refractivity contribution >= 4 is 11.9 Å². The van der Waals surface area contributed by atoms with Crippen LogP contribution in [0.1, 0.15) is 239 Å². The smallest absolute Gasteiger partial charge is 0.306 e. The van der Waals surface area contributed by atoms with Crippen molar-refractivity contribution in [2.75, 3.05) is 13.2 Å². The first-order valence-electron chi connectivity index (χ1n) is 28.6. The number of esters is 1. The zero-order chi connectivity index (χ0) is 51.1. The van der Waals surface area contributed by atoms with Crippen LogP contribution in [0.5, 0.6) is 0 Å². The molecule has 0 aromatic carbocycles. The zero-order valence-corrected chi connectivity index (χ0v) is 44.6. The highest BCUT2D eigenvalue weighted by atomic mass is 16.7. The minimum absolute atomic E-state index is 0.119. The molecule has 0 bridgehead atoms. The predicted molar refractivity (Wildman–Crippen MR) is 287 cm³/mol. The molecule has 0 aliphatic carbocycles. The van der Waals surface area contributed by atoms with Gasteiger partial charge in [0.25, 0.3) is 0 Å². The van der Waals surface area contributed by atoms with Crippen molar-refractivity contribution in [1.82, 2.24) is 5.32 Å². The summed E-state index contributed by atoms with van der Waals surface area (Å²) in [5, 5.41) is 56.7. The summed E-state index contributed by atoms with van der Waals surface area (Å²) in [7, 11) is 0. The summed E-state index contributed by atoms with van der Waals surface area (Å²) in [5.74, 6) is -1.25. The summed E-state index contributed by atoms with van der Waals surface area (Å²) >= 11 is 0.